The fourth-order valence-corrected chi connectivity index (χ4v) is 6.32. The summed E-state index contributed by atoms with van der Waals surface area (Å²) in [4.78, 5) is 40.9. The monoisotopic (exact) mass is 517 g/mol. The van der Waals surface area contributed by atoms with Crippen molar-refractivity contribution in [2.24, 2.45) is 0 Å². The van der Waals surface area contributed by atoms with E-state index in [1.807, 2.05) is 0 Å². The number of carbonyl (C=O) groups is 3. The number of fused-ring (bicyclic) bond motifs is 1. The van der Waals surface area contributed by atoms with E-state index in [1.165, 1.54) is 23.1 Å². The summed E-state index contributed by atoms with van der Waals surface area (Å²) in [5.41, 5.74) is 0.768. The predicted molar refractivity (Wildman–Crippen MR) is 131 cm³/mol. The standard InChI is InChI=1S/C25H28ClN3O5S/c1-2-21(24(31)27-19-7-3-4-8-19)28(15-17-11-13-18(26)14-12-17)23(30)16-29-25(32)20-9-5-6-10-22(20)35(29,33)34/h5-6,9-14,19,21H,2-4,7-8,15-16H2,1H3,(H,27,31). The highest BCUT2D eigenvalue weighted by molar-refractivity contribution is 7.90. The zero-order chi connectivity index (χ0) is 25.2. The summed E-state index contributed by atoms with van der Waals surface area (Å²) in [5, 5.41) is 3.57. The molecule has 0 saturated heterocycles. The Morgan fingerprint density at radius 3 is 2.40 bits per heavy atom. The van der Waals surface area contributed by atoms with E-state index in [2.05, 4.69) is 5.32 Å². The molecule has 1 atom stereocenters. The molecule has 0 spiro atoms. The average Bonchev–Trinajstić information content (AvgIpc) is 3.41. The molecule has 1 fully saturated rings. The van der Waals surface area contributed by atoms with Gasteiger partial charge in [0.25, 0.3) is 15.9 Å². The van der Waals surface area contributed by atoms with Crippen LogP contribution in [-0.4, -0.2) is 54.0 Å². The first-order valence-electron chi connectivity index (χ1n) is 11.7. The maximum atomic E-state index is 13.6. The van der Waals surface area contributed by atoms with Crippen molar-refractivity contribution in [2.75, 3.05) is 6.54 Å². The summed E-state index contributed by atoms with van der Waals surface area (Å²) < 4.78 is 26.6. The van der Waals surface area contributed by atoms with Gasteiger partial charge in [0.05, 0.1) is 5.56 Å². The van der Waals surface area contributed by atoms with Gasteiger partial charge >= 0.3 is 0 Å². The van der Waals surface area contributed by atoms with Crippen molar-refractivity contribution in [3.63, 3.8) is 0 Å². The molecule has 2 aromatic carbocycles. The average molecular weight is 518 g/mol. The molecular weight excluding hydrogens is 490 g/mol. The third-order valence-corrected chi connectivity index (χ3v) is 8.58. The Bertz CT molecular complexity index is 1230. The Labute approximate surface area is 210 Å². The van der Waals surface area contributed by atoms with Crippen LogP contribution in [0.5, 0.6) is 0 Å². The van der Waals surface area contributed by atoms with E-state index in [9.17, 15) is 22.8 Å². The van der Waals surface area contributed by atoms with E-state index in [-0.39, 0.29) is 29.0 Å². The van der Waals surface area contributed by atoms with Gasteiger partial charge in [-0.2, -0.15) is 0 Å². The minimum atomic E-state index is -4.16. The van der Waals surface area contributed by atoms with Gasteiger partial charge in [0.2, 0.25) is 11.8 Å². The fraction of sp³-hybridized carbons (Fsp3) is 0.400. The van der Waals surface area contributed by atoms with Crippen LogP contribution in [0.25, 0.3) is 0 Å². The van der Waals surface area contributed by atoms with E-state index >= 15 is 0 Å². The van der Waals surface area contributed by atoms with Gasteiger partial charge in [-0.1, -0.05) is 55.6 Å². The molecule has 0 radical (unpaired) electrons. The van der Waals surface area contributed by atoms with Gasteiger partial charge in [-0.25, -0.2) is 12.7 Å². The van der Waals surface area contributed by atoms with Gasteiger partial charge in [-0.15, -0.1) is 0 Å². The van der Waals surface area contributed by atoms with Gasteiger partial charge in [0, 0.05) is 17.6 Å². The number of hydrogen-bond acceptors (Lipinski definition) is 5. The van der Waals surface area contributed by atoms with E-state index in [1.54, 1.807) is 37.3 Å². The van der Waals surface area contributed by atoms with Crippen LogP contribution in [0.1, 0.15) is 54.9 Å². The Morgan fingerprint density at radius 1 is 1.11 bits per heavy atom. The van der Waals surface area contributed by atoms with Crippen LogP contribution in [0.3, 0.4) is 0 Å². The van der Waals surface area contributed by atoms with E-state index in [0.29, 0.717) is 15.7 Å². The lowest BCUT2D eigenvalue weighted by Gasteiger charge is -2.32. The number of hydrogen-bond donors (Lipinski definition) is 1. The number of nitrogens with one attached hydrogen (secondary N) is 1. The van der Waals surface area contributed by atoms with Crippen molar-refractivity contribution >= 4 is 39.3 Å². The second-order valence-electron chi connectivity index (χ2n) is 8.88. The van der Waals surface area contributed by atoms with Crippen LogP contribution in [0, 0.1) is 0 Å². The molecule has 2 aliphatic rings. The molecule has 0 aromatic heterocycles. The molecule has 0 bridgehead atoms. The maximum absolute atomic E-state index is 13.6. The first-order chi connectivity index (χ1) is 16.7. The van der Waals surface area contributed by atoms with Crippen molar-refractivity contribution in [3.05, 3.63) is 64.7 Å². The topological polar surface area (TPSA) is 104 Å². The highest BCUT2D eigenvalue weighted by Crippen LogP contribution is 2.30. The Hall–Kier alpha value is -2.91. The van der Waals surface area contributed by atoms with Crippen LogP contribution < -0.4 is 5.32 Å². The minimum absolute atomic E-state index is 0.0376. The zero-order valence-electron chi connectivity index (χ0n) is 19.4. The molecule has 1 heterocycles. The summed E-state index contributed by atoms with van der Waals surface area (Å²) in [6.07, 6.45) is 4.21. The lowest BCUT2D eigenvalue weighted by atomic mass is 10.1. The number of nitrogens with zero attached hydrogens (tertiary/aromatic N) is 2. The van der Waals surface area contributed by atoms with E-state index < -0.39 is 34.4 Å². The van der Waals surface area contributed by atoms with Crippen LogP contribution in [0.15, 0.2) is 53.4 Å². The Kier molecular flexibility index (Phi) is 7.47. The SMILES string of the molecule is CCC(C(=O)NC1CCCC1)N(Cc1ccc(Cl)cc1)C(=O)CN1C(=O)c2ccccc2S1(=O)=O. The van der Waals surface area contributed by atoms with Gasteiger partial charge in [0.15, 0.2) is 0 Å². The number of benzene rings is 2. The Balaban J connectivity index is 1.60. The van der Waals surface area contributed by atoms with Crippen molar-refractivity contribution in [1.29, 1.82) is 0 Å². The van der Waals surface area contributed by atoms with Gasteiger partial charge in [-0.05, 0) is 49.1 Å². The van der Waals surface area contributed by atoms with E-state index in [0.717, 1.165) is 31.2 Å². The summed E-state index contributed by atoms with van der Waals surface area (Å²) in [7, 11) is -4.16. The van der Waals surface area contributed by atoms with Gasteiger partial charge in [-0.3, -0.25) is 14.4 Å². The zero-order valence-corrected chi connectivity index (χ0v) is 21.0. The number of halogens is 1. The molecule has 1 saturated carbocycles. The molecule has 3 amide bonds. The van der Waals surface area contributed by atoms with Gasteiger partial charge < -0.3 is 10.2 Å². The first kappa shape index (κ1) is 25.2. The van der Waals surface area contributed by atoms with Gasteiger partial charge in [0.1, 0.15) is 17.5 Å². The van der Waals surface area contributed by atoms with Crippen LogP contribution in [0.4, 0.5) is 0 Å². The molecule has 1 aliphatic heterocycles. The summed E-state index contributed by atoms with van der Waals surface area (Å²) in [6, 6.07) is 12.0. The highest BCUT2D eigenvalue weighted by atomic mass is 35.5. The largest absolute Gasteiger partial charge is 0.352 e. The van der Waals surface area contributed by atoms with Crippen molar-refractivity contribution in [1.82, 2.24) is 14.5 Å². The van der Waals surface area contributed by atoms with Crippen molar-refractivity contribution in [3.8, 4) is 0 Å². The second kappa shape index (κ2) is 10.4. The normalized spacial score (nSPS) is 17.8. The highest BCUT2D eigenvalue weighted by Gasteiger charge is 2.43. The lowest BCUT2D eigenvalue weighted by molar-refractivity contribution is -0.141. The van der Waals surface area contributed by atoms with E-state index in [4.69, 9.17) is 11.6 Å². The molecule has 4 rings (SSSR count). The number of rotatable bonds is 8. The molecule has 1 unspecified atom stereocenters. The molecule has 35 heavy (non-hydrogen) atoms. The number of carbonyl (C=O) groups excluding carboxylic acids is 3. The minimum Gasteiger partial charge on any atom is -0.352 e. The fourth-order valence-electron chi connectivity index (χ4n) is 4.67. The van der Waals surface area contributed by atoms with Crippen LogP contribution in [0.2, 0.25) is 5.02 Å². The number of amides is 3. The molecule has 1 N–H and O–H groups in total. The molecule has 1 aliphatic carbocycles. The molecule has 2 aromatic rings. The smallest absolute Gasteiger partial charge is 0.269 e. The maximum Gasteiger partial charge on any atom is 0.269 e. The first-order valence-corrected chi connectivity index (χ1v) is 13.5. The summed E-state index contributed by atoms with van der Waals surface area (Å²) in [6.45, 7) is 1.19. The summed E-state index contributed by atoms with van der Waals surface area (Å²) in [5.74, 6) is -1.65. The van der Waals surface area contributed by atoms with Crippen molar-refractivity contribution < 1.29 is 22.8 Å². The quantitative estimate of drug-likeness (QED) is 0.578. The second-order valence-corrected chi connectivity index (χ2v) is 11.1. The molecule has 8 nitrogen and oxygen atoms in total. The lowest BCUT2D eigenvalue weighted by Crippen LogP contribution is -2.53. The molecule has 10 heteroatoms. The molecule has 186 valence electrons. The summed E-state index contributed by atoms with van der Waals surface area (Å²) >= 11 is 6.00. The van der Waals surface area contributed by atoms with Crippen LogP contribution >= 0.6 is 11.6 Å². The third kappa shape index (κ3) is 5.21. The Morgan fingerprint density at radius 2 is 1.77 bits per heavy atom. The third-order valence-electron chi connectivity index (χ3n) is 6.54. The van der Waals surface area contributed by atoms with Crippen LogP contribution in [-0.2, 0) is 26.2 Å². The van der Waals surface area contributed by atoms with Crippen molar-refractivity contribution in [2.45, 2.75) is 62.6 Å². The number of sulfonamides is 1. The predicted octanol–water partition coefficient (Wildman–Crippen LogP) is 3.35. The molecular formula is C25H28ClN3O5S.